The Balaban J connectivity index is 2.45. The molecule has 0 aromatic rings. The molecule has 1 amide bonds. The van der Waals surface area contributed by atoms with Crippen LogP contribution in [0.3, 0.4) is 0 Å². The first kappa shape index (κ1) is 7.54. The number of carbonyl (C=O) groups excluding carboxylic acids is 1. The lowest BCUT2D eigenvalue weighted by atomic mass is 10.2. The summed E-state index contributed by atoms with van der Waals surface area (Å²) in [5.41, 5.74) is 0. The van der Waals surface area contributed by atoms with Crippen molar-refractivity contribution in [3.05, 3.63) is 0 Å². The second-order valence-electron chi connectivity index (χ2n) is 2.71. The van der Waals surface area contributed by atoms with Gasteiger partial charge in [0.05, 0.1) is 6.54 Å². The molecule has 0 radical (unpaired) electrons. The van der Waals surface area contributed by atoms with Crippen molar-refractivity contribution in [1.82, 2.24) is 10.2 Å². The molecule has 1 saturated heterocycles. The zero-order valence-corrected chi connectivity index (χ0v) is 6.55. The number of hydrogen-bond donors (Lipinski definition) is 1. The number of piperazine rings is 1. The van der Waals surface area contributed by atoms with Crippen molar-refractivity contribution in [1.29, 1.82) is 0 Å². The van der Waals surface area contributed by atoms with Crippen molar-refractivity contribution in [2.24, 2.45) is 0 Å². The van der Waals surface area contributed by atoms with Crippen LogP contribution in [0.25, 0.3) is 0 Å². The van der Waals surface area contributed by atoms with Crippen molar-refractivity contribution in [3.63, 3.8) is 0 Å². The number of likely N-dealkylation sites (N-methyl/N-ethyl adjacent to an activating group) is 1. The van der Waals surface area contributed by atoms with Crippen molar-refractivity contribution < 1.29 is 4.79 Å². The van der Waals surface area contributed by atoms with Gasteiger partial charge < -0.3 is 10.2 Å². The van der Waals surface area contributed by atoms with E-state index in [2.05, 4.69) is 12.2 Å². The van der Waals surface area contributed by atoms with Crippen LogP contribution < -0.4 is 5.32 Å². The molecule has 0 spiro atoms. The quantitative estimate of drug-likeness (QED) is 0.551. The van der Waals surface area contributed by atoms with E-state index in [0.717, 1.165) is 13.1 Å². The molecule has 1 N–H and O–H groups in total. The van der Waals surface area contributed by atoms with E-state index in [0.29, 0.717) is 12.6 Å². The molecule has 10 heavy (non-hydrogen) atoms. The smallest absolute Gasteiger partial charge is 0.236 e. The minimum Gasteiger partial charge on any atom is -0.340 e. The third-order valence-electron chi connectivity index (χ3n) is 1.83. The molecule has 0 saturated carbocycles. The summed E-state index contributed by atoms with van der Waals surface area (Å²) in [5, 5.41) is 3.10. The van der Waals surface area contributed by atoms with Crippen molar-refractivity contribution in [2.75, 3.05) is 19.6 Å². The molecule has 3 heteroatoms. The molecule has 0 aliphatic carbocycles. The summed E-state index contributed by atoms with van der Waals surface area (Å²) in [4.78, 5) is 12.9. The highest BCUT2D eigenvalue weighted by Crippen LogP contribution is 1.98. The zero-order chi connectivity index (χ0) is 7.56. The first-order valence-corrected chi connectivity index (χ1v) is 3.75. The van der Waals surface area contributed by atoms with E-state index < -0.39 is 0 Å². The maximum Gasteiger partial charge on any atom is 0.236 e. The molecule has 1 atom stereocenters. The van der Waals surface area contributed by atoms with Gasteiger partial charge in [0, 0.05) is 19.1 Å². The number of nitrogens with zero attached hydrogens (tertiary/aromatic N) is 1. The lowest BCUT2D eigenvalue weighted by Gasteiger charge is -2.30. The maximum absolute atomic E-state index is 11.0. The summed E-state index contributed by atoms with van der Waals surface area (Å²) in [5.74, 6) is 0.223. The van der Waals surface area contributed by atoms with Crippen LogP contribution in [0.2, 0.25) is 0 Å². The molecule has 1 rings (SSSR count). The molecular weight excluding hydrogens is 128 g/mol. The molecule has 0 bridgehead atoms. The van der Waals surface area contributed by atoms with Gasteiger partial charge in [-0.15, -0.1) is 0 Å². The summed E-state index contributed by atoms with van der Waals surface area (Å²) in [6.07, 6.45) is 0. The lowest BCUT2D eigenvalue weighted by molar-refractivity contribution is -0.132. The van der Waals surface area contributed by atoms with Crippen LogP contribution in [0.4, 0.5) is 0 Å². The van der Waals surface area contributed by atoms with E-state index in [1.165, 1.54) is 0 Å². The Morgan fingerprint density at radius 2 is 2.50 bits per heavy atom. The normalized spacial score (nSPS) is 27.2. The van der Waals surface area contributed by atoms with Gasteiger partial charge in [-0.05, 0) is 13.8 Å². The van der Waals surface area contributed by atoms with Gasteiger partial charge in [-0.1, -0.05) is 0 Å². The van der Waals surface area contributed by atoms with E-state index in [1.807, 2.05) is 11.8 Å². The topological polar surface area (TPSA) is 32.3 Å². The number of carbonyl (C=O) groups is 1. The predicted octanol–water partition coefficient (Wildman–Crippen LogP) is -0.173. The van der Waals surface area contributed by atoms with E-state index >= 15 is 0 Å². The fourth-order valence-electron chi connectivity index (χ4n) is 1.18. The second-order valence-corrected chi connectivity index (χ2v) is 2.71. The standard InChI is InChI=1S/C7H14N2O/c1-3-9-5-6(2)8-4-7(9)10/h6,8H,3-5H2,1-2H3/t6-/m1/s1. The molecule has 0 unspecified atom stereocenters. The number of nitrogens with one attached hydrogen (secondary N) is 1. The molecule has 0 aromatic carbocycles. The minimum atomic E-state index is 0.223. The van der Waals surface area contributed by atoms with Gasteiger partial charge in [0.1, 0.15) is 0 Å². The van der Waals surface area contributed by atoms with E-state index in [4.69, 9.17) is 0 Å². The Morgan fingerprint density at radius 3 is 3.00 bits per heavy atom. The molecular formula is C7H14N2O. The van der Waals surface area contributed by atoms with E-state index in [1.54, 1.807) is 0 Å². The summed E-state index contributed by atoms with van der Waals surface area (Å²) in [7, 11) is 0. The van der Waals surface area contributed by atoms with Crippen LogP contribution in [-0.2, 0) is 4.79 Å². The molecule has 1 heterocycles. The number of hydrogen-bond acceptors (Lipinski definition) is 2. The van der Waals surface area contributed by atoms with Gasteiger partial charge in [0.15, 0.2) is 0 Å². The van der Waals surface area contributed by atoms with Gasteiger partial charge in [-0.2, -0.15) is 0 Å². The SMILES string of the molecule is CCN1C[C@@H](C)NCC1=O. The molecule has 1 aliphatic heterocycles. The number of amides is 1. The van der Waals surface area contributed by atoms with Crippen molar-refractivity contribution >= 4 is 5.91 Å². The average Bonchev–Trinajstić information content (AvgIpc) is 1.94. The van der Waals surface area contributed by atoms with Gasteiger partial charge in [0.25, 0.3) is 0 Å². The monoisotopic (exact) mass is 142 g/mol. The first-order chi connectivity index (χ1) is 4.74. The third kappa shape index (κ3) is 1.48. The Kier molecular flexibility index (Phi) is 2.27. The van der Waals surface area contributed by atoms with E-state index in [9.17, 15) is 4.79 Å². The first-order valence-electron chi connectivity index (χ1n) is 3.75. The van der Waals surface area contributed by atoms with Crippen LogP contribution in [0.1, 0.15) is 13.8 Å². The van der Waals surface area contributed by atoms with Gasteiger partial charge in [0.2, 0.25) is 5.91 Å². The highest BCUT2D eigenvalue weighted by Gasteiger charge is 2.19. The van der Waals surface area contributed by atoms with Crippen LogP contribution in [0.15, 0.2) is 0 Å². The lowest BCUT2D eigenvalue weighted by Crippen LogP contribution is -2.52. The minimum absolute atomic E-state index is 0.223. The fourth-order valence-corrected chi connectivity index (χ4v) is 1.18. The molecule has 1 fully saturated rings. The molecule has 3 nitrogen and oxygen atoms in total. The summed E-state index contributed by atoms with van der Waals surface area (Å²) in [6.45, 7) is 6.31. The molecule has 58 valence electrons. The zero-order valence-electron chi connectivity index (χ0n) is 6.55. The largest absolute Gasteiger partial charge is 0.340 e. The summed E-state index contributed by atoms with van der Waals surface area (Å²) in [6, 6.07) is 0.456. The molecule has 0 aromatic heterocycles. The summed E-state index contributed by atoms with van der Waals surface area (Å²) < 4.78 is 0. The average molecular weight is 142 g/mol. The highest BCUT2D eigenvalue weighted by atomic mass is 16.2. The van der Waals surface area contributed by atoms with Gasteiger partial charge >= 0.3 is 0 Å². The highest BCUT2D eigenvalue weighted by molar-refractivity contribution is 5.79. The van der Waals surface area contributed by atoms with Gasteiger partial charge in [-0.3, -0.25) is 4.79 Å². The van der Waals surface area contributed by atoms with Crippen LogP contribution >= 0.6 is 0 Å². The maximum atomic E-state index is 11.0. The summed E-state index contributed by atoms with van der Waals surface area (Å²) >= 11 is 0. The predicted molar refractivity (Wildman–Crippen MR) is 39.7 cm³/mol. The fraction of sp³-hybridized carbons (Fsp3) is 0.857. The Hall–Kier alpha value is -0.570. The Morgan fingerprint density at radius 1 is 1.80 bits per heavy atom. The number of rotatable bonds is 1. The van der Waals surface area contributed by atoms with Crippen molar-refractivity contribution in [3.8, 4) is 0 Å². The van der Waals surface area contributed by atoms with Gasteiger partial charge in [-0.25, -0.2) is 0 Å². The molecule has 1 aliphatic rings. The second kappa shape index (κ2) is 3.01. The van der Waals surface area contributed by atoms with Crippen LogP contribution in [0.5, 0.6) is 0 Å². The van der Waals surface area contributed by atoms with Crippen molar-refractivity contribution in [2.45, 2.75) is 19.9 Å². The van der Waals surface area contributed by atoms with Crippen LogP contribution in [-0.4, -0.2) is 36.5 Å². The Labute approximate surface area is 61.4 Å². The van der Waals surface area contributed by atoms with E-state index in [-0.39, 0.29) is 5.91 Å². The van der Waals surface area contributed by atoms with Crippen LogP contribution in [0, 0.1) is 0 Å². The Bertz CT molecular complexity index is 136. The third-order valence-corrected chi connectivity index (χ3v) is 1.83.